The van der Waals surface area contributed by atoms with Crippen molar-refractivity contribution in [1.29, 1.82) is 0 Å². The molecule has 1 aromatic carbocycles. The standard InChI is InChI=1S/C12H19BrN2O4S2/c1-3-10-21(18,19)14-8-9-15(20(2,16)17)12-7-5-4-6-11(12)13/h4-7,14H,3,8-10H2,1-2H3. The third-order valence-corrected chi connectivity index (χ3v) is 6.07. The molecule has 0 saturated carbocycles. The molecule has 6 nitrogen and oxygen atoms in total. The van der Waals surface area contributed by atoms with Gasteiger partial charge in [-0.15, -0.1) is 0 Å². The minimum Gasteiger partial charge on any atom is -0.268 e. The smallest absolute Gasteiger partial charge is 0.232 e. The van der Waals surface area contributed by atoms with Crippen molar-refractivity contribution in [2.24, 2.45) is 0 Å². The molecular formula is C12H19BrN2O4S2. The van der Waals surface area contributed by atoms with Gasteiger partial charge in [0, 0.05) is 17.6 Å². The molecule has 0 saturated heterocycles. The van der Waals surface area contributed by atoms with E-state index in [0.717, 1.165) is 6.26 Å². The molecule has 21 heavy (non-hydrogen) atoms. The second kappa shape index (κ2) is 7.57. The number of nitrogens with zero attached hydrogens (tertiary/aromatic N) is 1. The largest absolute Gasteiger partial charge is 0.268 e. The molecule has 1 aromatic rings. The molecule has 0 aliphatic carbocycles. The Morgan fingerprint density at radius 3 is 2.33 bits per heavy atom. The van der Waals surface area contributed by atoms with E-state index in [1.54, 1.807) is 31.2 Å². The first-order valence-corrected chi connectivity index (χ1v) is 10.7. The first-order chi connectivity index (χ1) is 9.67. The number of para-hydroxylation sites is 1. The quantitative estimate of drug-likeness (QED) is 0.719. The summed E-state index contributed by atoms with van der Waals surface area (Å²) in [6.07, 6.45) is 1.60. The summed E-state index contributed by atoms with van der Waals surface area (Å²) in [5.41, 5.74) is 0.481. The van der Waals surface area contributed by atoms with E-state index in [-0.39, 0.29) is 18.8 Å². The van der Waals surface area contributed by atoms with E-state index in [9.17, 15) is 16.8 Å². The van der Waals surface area contributed by atoms with Gasteiger partial charge in [0.15, 0.2) is 0 Å². The van der Waals surface area contributed by atoms with Crippen LogP contribution in [0.1, 0.15) is 13.3 Å². The molecule has 1 rings (SSSR count). The van der Waals surface area contributed by atoms with Crippen LogP contribution in [0.3, 0.4) is 0 Å². The highest BCUT2D eigenvalue weighted by atomic mass is 79.9. The number of halogens is 1. The van der Waals surface area contributed by atoms with Crippen molar-refractivity contribution in [2.75, 3.05) is 29.4 Å². The van der Waals surface area contributed by atoms with Crippen molar-refractivity contribution < 1.29 is 16.8 Å². The molecule has 0 spiro atoms. The Hall–Kier alpha value is -0.640. The Kier molecular flexibility index (Phi) is 6.64. The van der Waals surface area contributed by atoms with Gasteiger partial charge in [0.05, 0.1) is 17.7 Å². The van der Waals surface area contributed by atoms with Crippen LogP contribution >= 0.6 is 15.9 Å². The maximum atomic E-state index is 11.9. The Labute approximate surface area is 134 Å². The molecular weight excluding hydrogens is 380 g/mol. The zero-order valence-electron chi connectivity index (χ0n) is 11.9. The van der Waals surface area contributed by atoms with Crippen LogP contribution in [-0.4, -0.2) is 41.9 Å². The lowest BCUT2D eigenvalue weighted by molar-refractivity contribution is 0.577. The fourth-order valence-corrected chi connectivity index (χ4v) is 4.40. The van der Waals surface area contributed by atoms with Crippen LogP contribution in [0, 0.1) is 0 Å². The zero-order valence-corrected chi connectivity index (χ0v) is 15.1. The van der Waals surface area contributed by atoms with E-state index in [2.05, 4.69) is 20.7 Å². The lowest BCUT2D eigenvalue weighted by atomic mass is 10.3. The summed E-state index contributed by atoms with van der Waals surface area (Å²) in [7, 11) is -6.85. The maximum absolute atomic E-state index is 11.9. The van der Waals surface area contributed by atoms with Crippen molar-refractivity contribution in [1.82, 2.24) is 4.72 Å². The van der Waals surface area contributed by atoms with E-state index in [0.29, 0.717) is 16.6 Å². The lowest BCUT2D eigenvalue weighted by Crippen LogP contribution is -2.38. The highest BCUT2D eigenvalue weighted by molar-refractivity contribution is 9.10. The molecule has 0 aliphatic heterocycles. The van der Waals surface area contributed by atoms with Crippen molar-refractivity contribution in [2.45, 2.75) is 13.3 Å². The first kappa shape index (κ1) is 18.4. The van der Waals surface area contributed by atoms with Crippen LogP contribution in [0.2, 0.25) is 0 Å². The average molecular weight is 399 g/mol. The van der Waals surface area contributed by atoms with E-state index in [1.165, 1.54) is 4.31 Å². The zero-order chi connectivity index (χ0) is 16.1. The van der Waals surface area contributed by atoms with E-state index >= 15 is 0 Å². The van der Waals surface area contributed by atoms with Gasteiger partial charge in [0.25, 0.3) is 0 Å². The summed E-state index contributed by atoms with van der Waals surface area (Å²) in [6, 6.07) is 6.89. The SMILES string of the molecule is CCCS(=O)(=O)NCCN(c1ccccc1Br)S(C)(=O)=O. The minimum absolute atomic E-state index is 0.0245. The van der Waals surface area contributed by atoms with Gasteiger partial charge in [0.2, 0.25) is 20.0 Å². The Morgan fingerprint density at radius 1 is 1.19 bits per heavy atom. The molecule has 0 unspecified atom stereocenters. The van der Waals surface area contributed by atoms with Crippen molar-refractivity contribution in [3.05, 3.63) is 28.7 Å². The van der Waals surface area contributed by atoms with Crippen LogP contribution in [0.5, 0.6) is 0 Å². The number of nitrogens with one attached hydrogen (secondary N) is 1. The number of benzene rings is 1. The highest BCUT2D eigenvalue weighted by Gasteiger charge is 2.20. The van der Waals surface area contributed by atoms with Gasteiger partial charge < -0.3 is 0 Å². The van der Waals surface area contributed by atoms with Gasteiger partial charge in [-0.25, -0.2) is 21.6 Å². The van der Waals surface area contributed by atoms with Gasteiger partial charge >= 0.3 is 0 Å². The van der Waals surface area contributed by atoms with Crippen LogP contribution in [0.25, 0.3) is 0 Å². The maximum Gasteiger partial charge on any atom is 0.232 e. The van der Waals surface area contributed by atoms with Gasteiger partial charge in [-0.1, -0.05) is 19.1 Å². The topological polar surface area (TPSA) is 83.6 Å². The minimum atomic E-state index is -3.50. The molecule has 0 bridgehead atoms. The van der Waals surface area contributed by atoms with E-state index in [1.807, 2.05) is 0 Å². The van der Waals surface area contributed by atoms with Crippen LogP contribution < -0.4 is 9.03 Å². The number of hydrogen-bond acceptors (Lipinski definition) is 4. The first-order valence-electron chi connectivity index (χ1n) is 6.37. The molecule has 9 heteroatoms. The number of rotatable bonds is 8. The Bertz CT molecular complexity index is 674. The molecule has 0 aliphatic rings. The third-order valence-electron chi connectivity index (χ3n) is 2.63. The summed E-state index contributed by atoms with van der Waals surface area (Å²) in [5.74, 6) is 0.0287. The fourth-order valence-electron chi connectivity index (χ4n) is 1.76. The molecule has 0 atom stereocenters. The van der Waals surface area contributed by atoms with Crippen molar-refractivity contribution in [3.63, 3.8) is 0 Å². The van der Waals surface area contributed by atoms with Gasteiger partial charge in [-0.2, -0.15) is 0 Å². The summed E-state index contributed by atoms with van der Waals surface area (Å²) in [6.45, 7) is 1.82. The van der Waals surface area contributed by atoms with E-state index in [4.69, 9.17) is 0 Å². The molecule has 120 valence electrons. The molecule has 0 heterocycles. The van der Waals surface area contributed by atoms with Crippen molar-refractivity contribution in [3.8, 4) is 0 Å². The number of hydrogen-bond donors (Lipinski definition) is 1. The van der Waals surface area contributed by atoms with Gasteiger partial charge in [-0.05, 0) is 34.5 Å². The predicted molar refractivity (Wildman–Crippen MR) is 88.4 cm³/mol. The molecule has 1 N–H and O–H groups in total. The summed E-state index contributed by atoms with van der Waals surface area (Å²) in [5, 5.41) is 0. The molecule has 0 radical (unpaired) electrons. The summed E-state index contributed by atoms with van der Waals surface area (Å²) in [4.78, 5) is 0. The molecule has 0 fully saturated rings. The van der Waals surface area contributed by atoms with Crippen molar-refractivity contribution >= 4 is 41.7 Å². The third kappa shape index (κ3) is 5.93. The Balaban J connectivity index is 2.86. The number of anilines is 1. The number of sulfonamides is 2. The highest BCUT2D eigenvalue weighted by Crippen LogP contribution is 2.27. The molecule has 0 amide bonds. The fraction of sp³-hybridized carbons (Fsp3) is 0.500. The summed E-state index contributed by atoms with van der Waals surface area (Å²) >= 11 is 3.30. The second-order valence-electron chi connectivity index (χ2n) is 4.50. The van der Waals surface area contributed by atoms with Crippen LogP contribution in [0.4, 0.5) is 5.69 Å². The predicted octanol–water partition coefficient (Wildman–Crippen LogP) is 1.54. The Morgan fingerprint density at radius 2 is 1.81 bits per heavy atom. The average Bonchev–Trinajstić information content (AvgIpc) is 2.34. The van der Waals surface area contributed by atoms with Gasteiger partial charge in [0.1, 0.15) is 0 Å². The normalized spacial score (nSPS) is 12.3. The van der Waals surface area contributed by atoms with Crippen LogP contribution in [0.15, 0.2) is 28.7 Å². The van der Waals surface area contributed by atoms with Gasteiger partial charge in [-0.3, -0.25) is 4.31 Å². The second-order valence-corrected chi connectivity index (χ2v) is 9.19. The van der Waals surface area contributed by atoms with Crippen LogP contribution in [-0.2, 0) is 20.0 Å². The lowest BCUT2D eigenvalue weighted by Gasteiger charge is -2.23. The van der Waals surface area contributed by atoms with E-state index < -0.39 is 20.0 Å². The monoisotopic (exact) mass is 398 g/mol. The molecule has 0 aromatic heterocycles. The summed E-state index contributed by atoms with van der Waals surface area (Å²) < 4.78 is 51.1.